The van der Waals surface area contributed by atoms with Gasteiger partial charge in [0, 0.05) is 31.9 Å². The Bertz CT molecular complexity index is 954. The van der Waals surface area contributed by atoms with E-state index in [-0.39, 0.29) is 18.2 Å². The second kappa shape index (κ2) is 11.0. The lowest BCUT2D eigenvalue weighted by Gasteiger charge is -2.34. The molecule has 1 N–H and O–H groups in total. The number of para-hydroxylation sites is 1. The first kappa shape index (κ1) is 24.4. The Hall–Kier alpha value is -3.26. The van der Waals surface area contributed by atoms with Gasteiger partial charge in [-0.3, -0.25) is 14.5 Å². The van der Waals surface area contributed by atoms with E-state index in [1.54, 1.807) is 33.5 Å². The molecular weight excluding hydrogens is 422 g/mol. The number of aryl methyl sites for hydroxylation is 2. The van der Waals surface area contributed by atoms with E-state index >= 15 is 0 Å². The number of hydrogen-bond donors (Lipinski definition) is 1. The first-order chi connectivity index (χ1) is 15.9. The van der Waals surface area contributed by atoms with Crippen molar-refractivity contribution in [1.82, 2.24) is 9.80 Å². The zero-order chi connectivity index (χ0) is 24.0. The highest BCUT2D eigenvalue weighted by Gasteiger charge is 2.24. The van der Waals surface area contributed by atoms with E-state index in [1.165, 1.54) is 0 Å². The summed E-state index contributed by atoms with van der Waals surface area (Å²) in [5.41, 5.74) is 3.77. The minimum Gasteiger partial charge on any atom is -0.493 e. The average Bonchev–Trinajstić information content (AvgIpc) is 2.81. The normalized spacial score (nSPS) is 14.0. The molecule has 0 bridgehead atoms. The van der Waals surface area contributed by atoms with Crippen LogP contribution in [0, 0.1) is 13.8 Å². The minimum atomic E-state index is -0.0374. The fourth-order valence-corrected chi connectivity index (χ4v) is 4.07. The topological polar surface area (TPSA) is 80.3 Å². The number of hydrogen-bond acceptors (Lipinski definition) is 6. The van der Waals surface area contributed by atoms with E-state index in [4.69, 9.17) is 14.2 Å². The zero-order valence-electron chi connectivity index (χ0n) is 20.1. The molecule has 1 heterocycles. The number of ether oxygens (including phenoxy) is 3. The van der Waals surface area contributed by atoms with Gasteiger partial charge < -0.3 is 24.4 Å². The molecule has 2 aromatic rings. The van der Waals surface area contributed by atoms with Crippen LogP contribution in [0.2, 0.25) is 0 Å². The van der Waals surface area contributed by atoms with E-state index in [9.17, 15) is 9.59 Å². The number of amides is 2. The summed E-state index contributed by atoms with van der Waals surface area (Å²) < 4.78 is 16.1. The molecule has 2 aromatic carbocycles. The predicted octanol–water partition coefficient (Wildman–Crippen LogP) is 2.65. The Kier molecular flexibility index (Phi) is 8.16. The lowest BCUT2D eigenvalue weighted by molar-refractivity contribution is -0.132. The Balaban J connectivity index is 1.53. The van der Waals surface area contributed by atoms with E-state index in [0.29, 0.717) is 50.0 Å². The number of rotatable bonds is 8. The Labute approximate surface area is 195 Å². The highest BCUT2D eigenvalue weighted by Crippen LogP contribution is 2.38. The van der Waals surface area contributed by atoms with Gasteiger partial charge in [-0.2, -0.15) is 0 Å². The average molecular weight is 456 g/mol. The SMILES string of the molecule is COc1cc(CC(=O)N2CCN(CC(=O)Nc3c(C)cccc3C)CC2)cc(OC)c1OC. The molecule has 0 spiro atoms. The van der Waals surface area contributed by atoms with Crippen LogP contribution < -0.4 is 19.5 Å². The molecule has 1 aliphatic rings. The standard InChI is InChI=1S/C25H33N3O5/c1-17-7-6-8-18(2)24(17)26-22(29)16-27-9-11-28(12-10-27)23(30)15-19-13-20(31-3)25(33-5)21(14-19)32-4/h6-8,13-14H,9-12,15-16H2,1-5H3,(H,26,29). The quantitative estimate of drug-likeness (QED) is 0.659. The van der Waals surface area contributed by atoms with Gasteiger partial charge >= 0.3 is 0 Å². The number of carbonyl (C=O) groups is 2. The summed E-state index contributed by atoms with van der Waals surface area (Å²) in [6.45, 7) is 6.76. The van der Waals surface area contributed by atoms with Gasteiger partial charge in [-0.1, -0.05) is 18.2 Å². The number of methoxy groups -OCH3 is 3. The third-order valence-corrected chi connectivity index (χ3v) is 5.92. The number of benzene rings is 2. The van der Waals surface area contributed by atoms with Gasteiger partial charge in [-0.05, 0) is 42.7 Å². The van der Waals surface area contributed by atoms with Crippen molar-refractivity contribution < 1.29 is 23.8 Å². The lowest BCUT2D eigenvalue weighted by atomic mass is 10.1. The molecular formula is C25H33N3O5. The molecule has 0 unspecified atom stereocenters. The van der Waals surface area contributed by atoms with Crippen LogP contribution in [-0.4, -0.2) is 75.7 Å². The maximum absolute atomic E-state index is 12.9. The number of nitrogens with zero attached hydrogens (tertiary/aromatic N) is 2. The van der Waals surface area contributed by atoms with Gasteiger partial charge in [0.05, 0.1) is 34.3 Å². The van der Waals surface area contributed by atoms with Crippen molar-refractivity contribution in [3.05, 3.63) is 47.0 Å². The van der Waals surface area contributed by atoms with E-state index < -0.39 is 0 Å². The maximum atomic E-state index is 12.9. The molecule has 0 aliphatic carbocycles. The van der Waals surface area contributed by atoms with Crippen molar-refractivity contribution in [2.45, 2.75) is 20.3 Å². The van der Waals surface area contributed by atoms with Crippen molar-refractivity contribution in [3.8, 4) is 17.2 Å². The maximum Gasteiger partial charge on any atom is 0.238 e. The number of carbonyl (C=O) groups excluding carboxylic acids is 2. The smallest absolute Gasteiger partial charge is 0.238 e. The number of piperazine rings is 1. The van der Waals surface area contributed by atoms with Crippen LogP contribution in [-0.2, 0) is 16.0 Å². The van der Waals surface area contributed by atoms with Crippen LogP contribution in [0.1, 0.15) is 16.7 Å². The monoisotopic (exact) mass is 455 g/mol. The summed E-state index contributed by atoms with van der Waals surface area (Å²) in [7, 11) is 4.66. The van der Waals surface area contributed by atoms with Gasteiger partial charge in [-0.25, -0.2) is 0 Å². The molecule has 0 aromatic heterocycles. The van der Waals surface area contributed by atoms with Crippen molar-refractivity contribution in [3.63, 3.8) is 0 Å². The molecule has 2 amide bonds. The van der Waals surface area contributed by atoms with Crippen LogP contribution >= 0.6 is 0 Å². The molecule has 1 saturated heterocycles. The molecule has 33 heavy (non-hydrogen) atoms. The van der Waals surface area contributed by atoms with Crippen molar-refractivity contribution >= 4 is 17.5 Å². The van der Waals surface area contributed by atoms with Crippen molar-refractivity contribution in [2.75, 3.05) is 59.4 Å². The van der Waals surface area contributed by atoms with E-state index in [2.05, 4.69) is 10.2 Å². The molecule has 1 fully saturated rings. The summed E-state index contributed by atoms with van der Waals surface area (Å²) in [5, 5.41) is 3.03. The third-order valence-electron chi connectivity index (χ3n) is 5.92. The van der Waals surface area contributed by atoms with E-state index in [1.807, 2.05) is 36.9 Å². The molecule has 0 saturated carbocycles. The molecule has 0 atom stereocenters. The number of anilines is 1. The molecule has 8 nitrogen and oxygen atoms in total. The molecule has 8 heteroatoms. The fourth-order valence-electron chi connectivity index (χ4n) is 4.07. The molecule has 178 valence electrons. The number of nitrogens with one attached hydrogen (secondary N) is 1. The van der Waals surface area contributed by atoms with Crippen LogP contribution in [0.4, 0.5) is 5.69 Å². The largest absolute Gasteiger partial charge is 0.493 e. The van der Waals surface area contributed by atoms with Gasteiger partial charge in [0.15, 0.2) is 11.5 Å². The van der Waals surface area contributed by atoms with Crippen LogP contribution in [0.25, 0.3) is 0 Å². The van der Waals surface area contributed by atoms with Gasteiger partial charge in [0.25, 0.3) is 0 Å². The highest BCUT2D eigenvalue weighted by molar-refractivity contribution is 5.93. The summed E-state index contributed by atoms with van der Waals surface area (Å²) in [4.78, 5) is 29.3. The van der Waals surface area contributed by atoms with Crippen molar-refractivity contribution in [2.24, 2.45) is 0 Å². The lowest BCUT2D eigenvalue weighted by Crippen LogP contribution is -2.50. The van der Waals surface area contributed by atoms with Gasteiger partial charge in [0.2, 0.25) is 17.6 Å². The highest BCUT2D eigenvalue weighted by atomic mass is 16.5. The fraction of sp³-hybridized carbons (Fsp3) is 0.440. The van der Waals surface area contributed by atoms with Crippen LogP contribution in [0.3, 0.4) is 0 Å². The Morgan fingerprint density at radius 2 is 1.48 bits per heavy atom. The van der Waals surface area contributed by atoms with Gasteiger partial charge in [-0.15, -0.1) is 0 Å². The van der Waals surface area contributed by atoms with Gasteiger partial charge in [0.1, 0.15) is 0 Å². The van der Waals surface area contributed by atoms with Crippen LogP contribution in [0.5, 0.6) is 17.2 Å². The second-order valence-corrected chi connectivity index (χ2v) is 8.18. The van der Waals surface area contributed by atoms with E-state index in [0.717, 1.165) is 22.4 Å². The molecule has 3 rings (SSSR count). The predicted molar refractivity (Wildman–Crippen MR) is 127 cm³/mol. The second-order valence-electron chi connectivity index (χ2n) is 8.18. The summed E-state index contributed by atoms with van der Waals surface area (Å²) in [5.74, 6) is 1.55. The molecule has 0 radical (unpaired) electrons. The minimum absolute atomic E-state index is 0.0314. The first-order valence-electron chi connectivity index (χ1n) is 11.0. The Morgan fingerprint density at radius 3 is 2.00 bits per heavy atom. The Morgan fingerprint density at radius 1 is 0.909 bits per heavy atom. The first-order valence-corrected chi connectivity index (χ1v) is 11.0. The van der Waals surface area contributed by atoms with Crippen molar-refractivity contribution in [1.29, 1.82) is 0 Å². The summed E-state index contributed by atoms with van der Waals surface area (Å²) >= 11 is 0. The summed E-state index contributed by atoms with van der Waals surface area (Å²) in [6.07, 6.45) is 0.240. The molecule has 1 aliphatic heterocycles. The van der Waals surface area contributed by atoms with Crippen LogP contribution in [0.15, 0.2) is 30.3 Å². The summed E-state index contributed by atoms with van der Waals surface area (Å²) in [6, 6.07) is 9.55. The zero-order valence-corrected chi connectivity index (χ0v) is 20.1. The third kappa shape index (κ3) is 5.96.